The van der Waals surface area contributed by atoms with Gasteiger partial charge in [-0.1, -0.05) is 90.5 Å². The van der Waals surface area contributed by atoms with Crippen molar-refractivity contribution < 1.29 is 32.6 Å². The minimum absolute atomic E-state index is 0.0272. The van der Waals surface area contributed by atoms with Crippen LogP contribution in [0.15, 0.2) is 91.0 Å². The van der Waals surface area contributed by atoms with Gasteiger partial charge in [0.2, 0.25) is 0 Å². The molecule has 5 nitrogen and oxygen atoms in total. The van der Waals surface area contributed by atoms with Gasteiger partial charge in [0.05, 0.1) is 5.56 Å². The van der Waals surface area contributed by atoms with Gasteiger partial charge in [-0.2, -0.15) is 13.2 Å². The Morgan fingerprint density at radius 2 is 1.48 bits per heavy atom. The molecule has 0 saturated heterocycles. The number of carbonyl (C=O) groups excluding carboxylic acids is 1. The summed E-state index contributed by atoms with van der Waals surface area (Å²) in [6, 6.07) is 24.2. The number of alkyl carbamates (subject to hydrolysis) is 1. The first-order valence-electron chi connectivity index (χ1n) is 12.4. The normalized spacial score (nSPS) is 13.3. The van der Waals surface area contributed by atoms with Crippen LogP contribution in [0.3, 0.4) is 0 Å². The highest BCUT2D eigenvalue weighted by atomic mass is 35.5. The first-order chi connectivity index (χ1) is 19.1. The third-order valence-corrected chi connectivity index (χ3v) is 7.25. The van der Waals surface area contributed by atoms with E-state index in [1.807, 2.05) is 48.5 Å². The zero-order valence-corrected chi connectivity index (χ0v) is 21.7. The molecule has 4 aromatic rings. The number of carboxylic acid groups (broad SMARTS) is 1. The number of aliphatic carboxylic acids is 1. The Kier molecular flexibility index (Phi) is 7.54. The molecule has 1 aliphatic carbocycles. The highest BCUT2D eigenvalue weighted by Gasteiger charge is 2.31. The van der Waals surface area contributed by atoms with E-state index in [1.54, 1.807) is 24.3 Å². The number of carboxylic acids is 1. The summed E-state index contributed by atoms with van der Waals surface area (Å²) in [7, 11) is 0. The average molecular weight is 566 g/mol. The molecule has 0 saturated carbocycles. The summed E-state index contributed by atoms with van der Waals surface area (Å²) in [5.74, 6) is -1.39. The Labute approximate surface area is 233 Å². The molecule has 1 amide bonds. The molecule has 1 atom stereocenters. The van der Waals surface area contributed by atoms with Crippen LogP contribution in [0.2, 0.25) is 5.02 Å². The molecular formula is C31H23ClF3NO4. The summed E-state index contributed by atoms with van der Waals surface area (Å²) < 4.78 is 44.3. The van der Waals surface area contributed by atoms with Crippen LogP contribution < -0.4 is 5.32 Å². The molecule has 1 unspecified atom stereocenters. The minimum atomic E-state index is -4.50. The smallest absolute Gasteiger partial charge is 0.416 e. The Morgan fingerprint density at radius 1 is 0.875 bits per heavy atom. The van der Waals surface area contributed by atoms with Gasteiger partial charge in [-0.15, -0.1) is 0 Å². The van der Waals surface area contributed by atoms with Crippen molar-refractivity contribution in [1.29, 1.82) is 0 Å². The van der Waals surface area contributed by atoms with Gasteiger partial charge in [0, 0.05) is 22.9 Å². The molecular weight excluding hydrogens is 543 g/mol. The first-order valence-corrected chi connectivity index (χ1v) is 12.8. The number of fused-ring (bicyclic) bond motifs is 3. The first kappa shape index (κ1) is 27.3. The second-order valence-corrected chi connectivity index (χ2v) is 9.86. The highest BCUT2D eigenvalue weighted by Crippen LogP contribution is 2.44. The molecule has 4 aromatic carbocycles. The molecule has 0 aliphatic heterocycles. The van der Waals surface area contributed by atoms with Crippen LogP contribution in [0.4, 0.5) is 18.0 Å². The van der Waals surface area contributed by atoms with Crippen LogP contribution in [0.25, 0.3) is 22.3 Å². The van der Waals surface area contributed by atoms with Gasteiger partial charge in [0.25, 0.3) is 0 Å². The zero-order valence-electron chi connectivity index (χ0n) is 20.9. The lowest BCUT2D eigenvalue weighted by atomic mass is 9.98. The van der Waals surface area contributed by atoms with E-state index in [9.17, 15) is 27.9 Å². The van der Waals surface area contributed by atoms with Crippen molar-refractivity contribution in [3.63, 3.8) is 0 Å². The average Bonchev–Trinajstić information content (AvgIpc) is 3.25. The number of nitrogens with one attached hydrogen (secondary N) is 1. The molecule has 1 aliphatic rings. The number of rotatable bonds is 7. The van der Waals surface area contributed by atoms with Gasteiger partial charge in [0.15, 0.2) is 0 Å². The fraction of sp³-hybridized carbons (Fsp3) is 0.161. The van der Waals surface area contributed by atoms with E-state index in [0.29, 0.717) is 16.7 Å². The van der Waals surface area contributed by atoms with Crippen molar-refractivity contribution in [3.05, 3.63) is 118 Å². The van der Waals surface area contributed by atoms with Gasteiger partial charge in [-0.05, 0) is 45.5 Å². The summed E-state index contributed by atoms with van der Waals surface area (Å²) in [4.78, 5) is 24.5. The second kappa shape index (κ2) is 11.1. The maximum Gasteiger partial charge on any atom is 0.416 e. The van der Waals surface area contributed by atoms with Gasteiger partial charge in [-0.3, -0.25) is 0 Å². The van der Waals surface area contributed by atoms with Crippen LogP contribution in [0.1, 0.15) is 28.2 Å². The molecule has 0 radical (unpaired) electrons. The summed E-state index contributed by atoms with van der Waals surface area (Å²) >= 11 is 6.09. The molecule has 0 heterocycles. The number of benzene rings is 4. The molecule has 0 aromatic heterocycles. The van der Waals surface area contributed by atoms with Crippen LogP contribution >= 0.6 is 11.6 Å². The van der Waals surface area contributed by atoms with E-state index in [1.165, 1.54) is 6.07 Å². The van der Waals surface area contributed by atoms with E-state index >= 15 is 0 Å². The predicted molar refractivity (Wildman–Crippen MR) is 145 cm³/mol. The largest absolute Gasteiger partial charge is 0.480 e. The van der Waals surface area contributed by atoms with Crippen molar-refractivity contribution in [2.75, 3.05) is 6.61 Å². The van der Waals surface area contributed by atoms with Crippen molar-refractivity contribution >= 4 is 23.7 Å². The second-order valence-electron chi connectivity index (χ2n) is 9.45. The number of amides is 1. The van der Waals surface area contributed by atoms with Crippen LogP contribution in [0, 0.1) is 0 Å². The van der Waals surface area contributed by atoms with Crippen LogP contribution in [-0.4, -0.2) is 29.8 Å². The number of alkyl halides is 3. The SMILES string of the molecule is O=C(NC(Cc1ccc(-c2ccc(C(F)(F)F)cc2Cl)cc1)C(=O)O)OCC1c2ccccc2-c2ccccc21. The van der Waals surface area contributed by atoms with E-state index in [2.05, 4.69) is 5.32 Å². The number of halogens is 4. The molecule has 40 heavy (non-hydrogen) atoms. The minimum Gasteiger partial charge on any atom is -0.480 e. The van der Waals surface area contributed by atoms with Crippen LogP contribution in [-0.2, 0) is 22.1 Å². The molecule has 2 N–H and O–H groups in total. The third-order valence-electron chi connectivity index (χ3n) is 6.94. The maximum atomic E-state index is 12.9. The van der Waals surface area contributed by atoms with E-state index in [0.717, 1.165) is 34.4 Å². The molecule has 9 heteroatoms. The number of hydrogen-bond acceptors (Lipinski definition) is 3. The number of hydrogen-bond donors (Lipinski definition) is 2. The Balaban J connectivity index is 1.23. The monoisotopic (exact) mass is 565 g/mol. The lowest BCUT2D eigenvalue weighted by molar-refractivity contribution is -0.139. The fourth-order valence-electron chi connectivity index (χ4n) is 4.96. The van der Waals surface area contributed by atoms with Gasteiger partial charge in [-0.25, -0.2) is 9.59 Å². The van der Waals surface area contributed by atoms with E-state index in [-0.39, 0.29) is 24.0 Å². The molecule has 0 fully saturated rings. The predicted octanol–water partition coefficient (Wildman–Crippen LogP) is 7.56. The summed E-state index contributed by atoms with van der Waals surface area (Å²) in [5, 5.41) is 12.1. The Morgan fingerprint density at radius 3 is 2.02 bits per heavy atom. The topological polar surface area (TPSA) is 75.6 Å². The third kappa shape index (κ3) is 5.67. The molecule has 0 bridgehead atoms. The maximum absolute atomic E-state index is 12.9. The molecule has 204 valence electrons. The quantitative estimate of drug-likeness (QED) is 0.242. The van der Waals surface area contributed by atoms with E-state index in [4.69, 9.17) is 16.3 Å². The fourth-order valence-corrected chi connectivity index (χ4v) is 5.25. The summed E-state index contributed by atoms with van der Waals surface area (Å²) in [6.45, 7) is 0.0504. The number of ether oxygens (including phenoxy) is 1. The molecule has 0 spiro atoms. The summed E-state index contributed by atoms with van der Waals surface area (Å²) in [6.07, 6.45) is -5.37. The van der Waals surface area contributed by atoms with Gasteiger partial charge >= 0.3 is 18.2 Å². The van der Waals surface area contributed by atoms with Gasteiger partial charge < -0.3 is 15.2 Å². The Bertz CT molecular complexity index is 1520. The summed E-state index contributed by atoms with van der Waals surface area (Å²) in [5.41, 5.74) is 4.97. The Hall–Kier alpha value is -4.30. The van der Waals surface area contributed by atoms with Crippen molar-refractivity contribution in [2.45, 2.75) is 24.6 Å². The zero-order chi connectivity index (χ0) is 28.4. The number of carbonyl (C=O) groups is 2. The van der Waals surface area contributed by atoms with Crippen molar-refractivity contribution in [3.8, 4) is 22.3 Å². The lowest BCUT2D eigenvalue weighted by Gasteiger charge is -2.18. The van der Waals surface area contributed by atoms with Crippen LogP contribution in [0.5, 0.6) is 0 Å². The van der Waals surface area contributed by atoms with Gasteiger partial charge in [0.1, 0.15) is 12.6 Å². The standard InChI is InChI=1S/C31H23ClF3NO4/c32-27-16-20(31(33,34)35)13-14-21(27)19-11-9-18(10-12-19)15-28(29(37)38)36-30(39)40-17-26-24-7-3-1-5-22(24)23-6-2-4-8-25(23)26/h1-14,16,26,28H,15,17H2,(H,36,39)(H,37,38). The lowest BCUT2D eigenvalue weighted by Crippen LogP contribution is -2.42. The highest BCUT2D eigenvalue weighted by molar-refractivity contribution is 6.33. The van der Waals surface area contributed by atoms with Crippen molar-refractivity contribution in [1.82, 2.24) is 5.32 Å². The molecule has 5 rings (SSSR count). The van der Waals surface area contributed by atoms with Crippen molar-refractivity contribution in [2.24, 2.45) is 0 Å². The van der Waals surface area contributed by atoms with E-state index < -0.39 is 29.8 Å².